The van der Waals surface area contributed by atoms with E-state index in [1.54, 1.807) is 16.2 Å². The Kier molecular flexibility index (Phi) is 4.66. The summed E-state index contributed by atoms with van der Waals surface area (Å²) >= 11 is 1.58. The number of piperidine rings is 1. The minimum atomic E-state index is -0.899. The summed E-state index contributed by atoms with van der Waals surface area (Å²) in [6.45, 7) is 1.58. The third kappa shape index (κ3) is 3.55. The molecular weight excluding hydrogens is 316 g/mol. The standard InChI is InChI=1S/C16H20N2O4S/c19-14(9-13-2-1-7-23-13)17-5-3-12(4-6-17)18-10-11(16(21)22)8-15(18)20/h1-2,7,11-12H,3-6,8-10H2,(H,21,22). The fourth-order valence-electron chi connectivity index (χ4n) is 3.35. The molecule has 1 aromatic rings. The molecule has 2 amide bonds. The Bertz CT molecular complexity index is 593. The Morgan fingerprint density at radius 1 is 1.30 bits per heavy atom. The van der Waals surface area contributed by atoms with Crippen LogP contribution >= 0.6 is 11.3 Å². The van der Waals surface area contributed by atoms with E-state index in [2.05, 4.69) is 0 Å². The van der Waals surface area contributed by atoms with Crippen molar-refractivity contribution in [2.24, 2.45) is 5.92 Å². The molecule has 3 rings (SSSR count). The first-order valence-electron chi connectivity index (χ1n) is 7.87. The van der Waals surface area contributed by atoms with Crippen molar-refractivity contribution in [2.45, 2.75) is 31.7 Å². The Morgan fingerprint density at radius 2 is 2.04 bits per heavy atom. The van der Waals surface area contributed by atoms with Crippen molar-refractivity contribution < 1.29 is 19.5 Å². The van der Waals surface area contributed by atoms with E-state index in [1.165, 1.54) is 0 Å². The molecule has 6 nitrogen and oxygen atoms in total. The lowest BCUT2D eigenvalue weighted by molar-refractivity contribution is -0.141. The molecule has 23 heavy (non-hydrogen) atoms. The zero-order valence-corrected chi connectivity index (χ0v) is 13.6. The van der Waals surface area contributed by atoms with Gasteiger partial charge in [-0.25, -0.2) is 0 Å². The Balaban J connectivity index is 1.51. The monoisotopic (exact) mass is 336 g/mol. The number of hydrogen-bond acceptors (Lipinski definition) is 4. The van der Waals surface area contributed by atoms with Crippen molar-refractivity contribution in [2.75, 3.05) is 19.6 Å². The molecule has 0 spiro atoms. The smallest absolute Gasteiger partial charge is 0.308 e. The van der Waals surface area contributed by atoms with Crippen molar-refractivity contribution in [1.82, 2.24) is 9.80 Å². The maximum Gasteiger partial charge on any atom is 0.308 e. The van der Waals surface area contributed by atoms with Crippen LogP contribution in [0.25, 0.3) is 0 Å². The van der Waals surface area contributed by atoms with Crippen molar-refractivity contribution in [1.29, 1.82) is 0 Å². The third-order valence-corrected chi connectivity index (χ3v) is 5.55. The molecule has 1 aromatic heterocycles. The highest BCUT2D eigenvalue weighted by Crippen LogP contribution is 2.26. The average Bonchev–Trinajstić information content (AvgIpc) is 3.17. The van der Waals surface area contributed by atoms with Gasteiger partial charge in [0.2, 0.25) is 11.8 Å². The van der Waals surface area contributed by atoms with Crippen LogP contribution in [0, 0.1) is 5.92 Å². The van der Waals surface area contributed by atoms with Crippen LogP contribution in [0.3, 0.4) is 0 Å². The third-order valence-electron chi connectivity index (χ3n) is 4.67. The number of likely N-dealkylation sites (tertiary alicyclic amines) is 2. The highest BCUT2D eigenvalue weighted by molar-refractivity contribution is 7.10. The molecule has 2 aliphatic heterocycles. The number of carboxylic acids is 1. The molecule has 0 saturated carbocycles. The van der Waals surface area contributed by atoms with Crippen LogP contribution in [-0.2, 0) is 20.8 Å². The number of hydrogen-bond donors (Lipinski definition) is 1. The van der Waals surface area contributed by atoms with Crippen LogP contribution in [0.4, 0.5) is 0 Å². The Morgan fingerprint density at radius 3 is 2.61 bits per heavy atom. The maximum absolute atomic E-state index is 12.3. The topological polar surface area (TPSA) is 77.9 Å². The van der Waals surface area contributed by atoms with Gasteiger partial charge in [0.1, 0.15) is 0 Å². The first-order valence-corrected chi connectivity index (χ1v) is 8.75. The lowest BCUT2D eigenvalue weighted by Crippen LogP contribution is -2.47. The number of nitrogens with zero attached hydrogens (tertiary/aromatic N) is 2. The van der Waals surface area contributed by atoms with Crippen LogP contribution < -0.4 is 0 Å². The van der Waals surface area contributed by atoms with Crippen molar-refractivity contribution in [3.05, 3.63) is 22.4 Å². The molecule has 1 atom stereocenters. The lowest BCUT2D eigenvalue weighted by Gasteiger charge is -2.36. The van der Waals surface area contributed by atoms with E-state index in [0.29, 0.717) is 26.1 Å². The Hall–Kier alpha value is -1.89. The van der Waals surface area contributed by atoms with Gasteiger partial charge in [-0.05, 0) is 24.3 Å². The van der Waals surface area contributed by atoms with E-state index in [9.17, 15) is 14.4 Å². The highest BCUT2D eigenvalue weighted by Gasteiger charge is 2.39. The van der Waals surface area contributed by atoms with Crippen molar-refractivity contribution in [3.8, 4) is 0 Å². The first kappa shape index (κ1) is 16.0. The van der Waals surface area contributed by atoms with Gasteiger partial charge in [-0.15, -0.1) is 11.3 Å². The first-order chi connectivity index (χ1) is 11.0. The molecule has 2 aliphatic rings. The van der Waals surface area contributed by atoms with Gasteiger partial charge in [0.05, 0.1) is 12.3 Å². The second-order valence-corrected chi connectivity index (χ2v) is 7.19. The molecule has 0 bridgehead atoms. The van der Waals surface area contributed by atoms with Gasteiger partial charge in [-0.3, -0.25) is 14.4 Å². The number of carbonyl (C=O) groups excluding carboxylic acids is 2. The van der Waals surface area contributed by atoms with Gasteiger partial charge in [0.25, 0.3) is 0 Å². The average molecular weight is 336 g/mol. The maximum atomic E-state index is 12.3. The zero-order valence-electron chi connectivity index (χ0n) is 12.8. The second-order valence-electron chi connectivity index (χ2n) is 6.15. The molecule has 0 radical (unpaired) electrons. The van der Waals surface area contributed by atoms with E-state index in [1.807, 2.05) is 22.4 Å². The highest BCUT2D eigenvalue weighted by atomic mass is 32.1. The number of carbonyl (C=O) groups is 3. The largest absolute Gasteiger partial charge is 0.481 e. The predicted octanol–water partition coefficient (Wildman–Crippen LogP) is 1.21. The van der Waals surface area contributed by atoms with Crippen LogP contribution in [-0.4, -0.2) is 58.4 Å². The lowest BCUT2D eigenvalue weighted by atomic mass is 10.0. The quantitative estimate of drug-likeness (QED) is 0.897. The fourth-order valence-corrected chi connectivity index (χ4v) is 4.05. The van der Waals surface area contributed by atoms with Crippen LogP contribution in [0.1, 0.15) is 24.1 Å². The molecule has 2 fully saturated rings. The van der Waals surface area contributed by atoms with Gasteiger partial charge in [0.15, 0.2) is 0 Å². The zero-order chi connectivity index (χ0) is 16.4. The molecule has 0 aromatic carbocycles. The fraction of sp³-hybridized carbons (Fsp3) is 0.562. The molecule has 0 aliphatic carbocycles. The van der Waals surface area contributed by atoms with Crippen molar-refractivity contribution >= 4 is 29.1 Å². The Labute approximate surface area is 138 Å². The summed E-state index contributed by atoms with van der Waals surface area (Å²) in [6, 6.07) is 3.97. The van der Waals surface area contributed by atoms with E-state index in [-0.39, 0.29) is 24.3 Å². The summed E-state index contributed by atoms with van der Waals surface area (Å²) in [5, 5.41) is 11.0. The second kappa shape index (κ2) is 6.70. The van der Waals surface area contributed by atoms with Gasteiger partial charge in [-0.2, -0.15) is 0 Å². The molecule has 2 saturated heterocycles. The predicted molar refractivity (Wildman–Crippen MR) is 85.1 cm³/mol. The number of carboxylic acid groups (broad SMARTS) is 1. The molecule has 124 valence electrons. The summed E-state index contributed by atoms with van der Waals surface area (Å²) < 4.78 is 0. The molecule has 1 N–H and O–H groups in total. The van der Waals surface area contributed by atoms with Gasteiger partial charge >= 0.3 is 5.97 Å². The van der Waals surface area contributed by atoms with Crippen LogP contribution in [0.2, 0.25) is 0 Å². The number of rotatable bonds is 4. The molecular formula is C16H20N2O4S. The summed E-state index contributed by atoms with van der Waals surface area (Å²) in [6.07, 6.45) is 2.00. The normalized spacial score (nSPS) is 22.6. The minimum absolute atomic E-state index is 0.0673. The van der Waals surface area contributed by atoms with Crippen LogP contribution in [0.5, 0.6) is 0 Å². The molecule has 1 unspecified atom stereocenters. The summed E-state index contributed by atoms with van der Waals surface area (Å²) in [4.78, 5) is 39.9. The molecule has 3 heterocycles. The summed E-state index contributed by atoms with van der Waals surface area (Å²) in [5.74, 6) is -1.42. The van der Waals surface area contributed by atoms with E-state index >= 15 is 0 Å². The van der Waals surface area contributed by atoms with Gasteiger partial charge in [0, 0.05) is 37.0 Å². The van der Waals surface area contributed by atoms with E-state index in [4.69, 9.17) is 5.11 Å². The minimum Gasteiger partial charge on any atom is -0.481 e. The van der Waals surface area contributed by atoms with Gasteiger partial charge < -0.3 is 14.9 Å². The number of thiophene rings is 1. The number of aliphatic carboxylic acids is 1. The van der Waals surface area contributed by atoms with E-state index < -0.39 is 11.9 Å². The van der Waals surface area contributed by atoms with Crippen molar-refractivity contribution in [3.63, 3.8) is 0 Å². The summed E-state index contributed by atoms with van der Waals surface area (Å²) in [5.41, 5.74) is 0. The van der Waals surface area contributed by atoms with Gasteiger partial charge in [-0.1, -0.05) is 6.07 Å². The van der Waals surface area contributed by atoms with Crippen LogP contribution in [0.15, 0.2) is 17.5 Å². The SMILES string of the molecule is O=C(O)C1CC(=O)N(C2CCN(C(=O)Cc3cccs3)CC2)C1. The summed E-state index contributed by atoms with van der Waals surface area (Å²) in [7, 11) is 0. The number of amides is 2. The molecule has 7 heteroatoms. The van der Waals surface area contributed by atoms with E-state index in [0.717, 1.165) is 17.7 Å².